The summed E-state index contributed by atoms with van der Waals surface area (Å²) in [4.78, 5) is 23.6. The number of nitrogens with two attached hydrogens (primary N) is 1. The van der Waals surface area contributed by atoms with Crippen LogP contribution >= 0.6 is 0 Å². The molecule has 6 heteroatoms. The van der Waals surface area contributed by atoms with E-state index in [2.05, 4.69) is 0 Å². The summed E-state index contributed by atoms with van der Waals surface area (Å²) in [6.45, 7) is 0.610. The van der Waals surface area contributed by atoms with Crippen molar-refractivity contribution >= 4 is 29.0 Å². The highest BCUT2D eigenvalue weighted by molar-refractivity contribution is 5.88. The molecule has 4 rings (SSSR count). The van der Waals surface area contributed by atoms with Gasteiger partial charge in [-0.2, -0.15) is 0 Å². The average molecular weight is 472 g/mol. The third-order valence-electron chi connectivity index (χ3n) is 5.56. The number of benzene rings is 3. The molecule has 4 aromatic rings. The zero-order valence-electron chi connectivity index (χ0n) is 19.2. The van der Waals surface area contributed by atoms with Crippen molar-refractivity contribution < 1.29 is 18.3 Å². The number of carbonyl (C=O) groups is 1. The standard InChI is InChI=1S/C29H26FNO4/c30-23-13-8-20(9-14-23)4-1-2-17-34-24-15-10-21(11-16-24)7-12-22-5-3-6-26-27(32)18-25(19-28(31)33)35-29(22)26/h3,5-16,18H,1-2,4,17,19H2,(H2,31,33)/b12-7+. The molecular weight excluding hydrogens is 445 g/mol. The van der Waals surface area contributed by atoms with Gasteiger partial charge in [0.2, 0.25) is 5.91 Å². The molecule has 0 bridgehead atoms. The molecule has 0 saturated carbocycles. The number of ether oxygens (including phenoxy) is 1. The predicted molar refractivity (Wildman–Crippen MR) is 136 cm³/mol. The van der Waals surface area contributed by atoms with Crippen molar-refractivity contribution in [1.29, 1.82) is 0 Å². The van der Waals surface area contributed by atoms with Gasteiger partial charge in [-0.25, -0.2) is 4.39 Å². The fourth-order valence-electron chi connectivity index (χ4n) is 3.77. The fraction of sp³-hybridized carbons (Fsp3) is 0.172. The van der Waals surface area contributed by atoms with Crippen molar-refractivity contribution in [3.63, 3.8) is 0 Å². The van der Waals surface area contributed by atoms with Crippen molar-refractivity contribution in [1.82, 2.24) is 0 Å². The molecule has 0 unspecified atom stereocenters. The molecule has 35 heavy (non-hydrogen) atoms. The fourth-order valence-corrected chi connectivity index (χ4v) is 3.77. The van der Waals surface area contributed by atoms with E-state index in [0.29, 0.717) is 17.6 Å². The molecule has 0 saturated heterocycles. The number of fused-ring (bicyclic) bond motifs is 1. The van der Waals surface area contributed by atoms with Gasteiger partial charge in [-0.15, -0.1) is 0 Å². The minimum absolute atomic E-state index is 0.128. The van der Waals surface area contributed by atoms with Gasteiger partial charge in [-0.3, -0.25) is 9.59 Å². The lowest BCUT2D eigenvalue weighted by molar-refractivity contribution is -0.117. The van der Waals surface area contributed by atoms with Crippen LogP contribution in [0.25, 0.3) is 23.1 Å². The first-order valence-electron chi connectivity index (χ1n) is 11.5. The van der Waals surface area contributed by atoms with E-state index in [1.54, 1.807) is 12.1 Å². The van der Waals surface area contributed by atoms with Gasteiger partial charge < -0.3 is 14.9 Å². The SMILES string of the molecule is NC(=O)Cc1cc(=O)c2cccc(/C=C/c3ccc(OCCCCc4ccc(F)cc4)cc3)c2o1. The van der Waals surface area contributed by atoms with Crippen LogP contribution in [0.3, 0.4) is 0 Å². The Morgan fingerprint density at radius 2 is 1.74 bits per heavy atom. The van der Waals surface area contributed by atoms with E-state index in [1.807, 2.05) is 54.6 Å². The van der Waals surface area contributed by atoms with E-state index < -0.39 is 5.91 Å². The first kappa shape index (κ1) is 24.0. The minimum atomic E-state index is -0.560. The second kappa shape index (κ2) is 11.3. The normalized spacial score (nSPS) is 11.2. The van der Waals surface area contributed by atoms with E-state index in [-0.39, 0.29) is 23.4 Å². The third-order valence-corrected chi connectivity index (χ3v) is 5.56. The smallest absolute Gasteiger partial charge is 0.225 e. The Morgan fingerprint density at radius 3 is 2.49 bits per heavy atom. The summed E-state index contributed by atoms with van der Waals surface area (Å²) >= 11 is 0. The van der Waals surface area contributed by atoms with Crippen LogP contribution < -0.4 is 15.9 Å². The van der Waals surface area contributed by atoms with Crippen LogP contribution in [-0.4, -0.2) is 12.5 Å². The van der Waals surface area contributed by atoms with Gasteiger partial charge in [0.1, 0.15) is 22.9 Å². The Balaban J connectivity index is 1.35. The zero-order valence-corrected chi connectivity index (χ0v) is 19.2. The van der Waals surface area contributed by atoms with E-state index in [9.17, 15) is 14.0 Å². The molecule has 0 atom stereocenters. The Morgan fingerprint density at radius 1 is 0.971 bits per heavy atom. The molecule has 1 heterocycles. The molecule has 0 radical (unpaired) electrons. The molecule has 1 amide bonds. The maximum absolute atomic E-state index is 13.0. The van der Waals surface area contributed by atoms with Crippen LogP contribution in [0.5, 0.6) is 5.75 Å². The van der Waals surface area contributed by atoms with Gasteiger partial charge in [-0.05, 0) is 60.7 Å². The van der Waals surface area contributed by atoms with E-state index in [1.165, 1.54) is 18.2 Å². The predicted octanol–water partition coefficient (Wildman–Crippen LogP) is 5.53. The van der Waals surface area contributed by atoms with E-state index >= 15 is 0 Å². The van der Waals surface area contributed by atoms with Gasteiger partial charge in [0.25, 0.3) is 0 Å². The number of hydrogen-bond donors (Lipinski definition) is 1. The Bertz CT molecular complexity index is 1390. The molecule has 0 fully saturated rings. The lowest BCUT2D eigenvalue weighted by Gasteiger charge is -2.07. The van der Waals surface area contributed by atoms with Crippen LogP contribution in [0.2, 0.25) is 0 Å². The van der Waals surface area contributed by atoms with Crippen molar-refractivity contribution in [3.8, 4) is 5.75 Å². The van der Waals surface area contributed by atoms with Crippen LogP contribution in [-0.2, 0) is 17.6 Å². The summed E-state index contributed by atoms with van der Waals surface area (Å²) in [6.07, 6.45) is 6.42. The summed E-state index contributed by atoms with van der Waals surface area (Å²) in [5.41, 5.74) is 8.26. The van der Waals surface area contributed by atoms with Gasteiger partial charge in [-0.1, -0.05) is 48.6 Å². The molecule has 0 aliphatic carbocycles. The Labute approximate surface area is 202 Å². The first-order valence-corrected chi connectivity index (χ1v) is 11.5. The van der Waals surface area contributed by atoms with Crippen LogP contribution in [0.4, 0.5) is 4.39 Å². The molecule has 3 aromatic carbocycles. The van der Waals surface area contributed by atoms with Gasteiger partial charge >= 0.3 is 0 Å². The number of halogens is 1. The molecular formula is C29H26FNO4. The van der Waals surface area contributed by atoms with Gasteiger partial charge in [0.15, 0.2) is 5.43 Å². The van der Waals surface area contributed by atoms with Gasteiger partial charge in [0.05, 0.1) is 18.4 Å². The Kier molecular flexibility index (Phi) is 7.73. The van der Waals surface area contributed by atoms with Crippen molar-refractivity contribution in [3.05, 3.63) is 111 Å². The second-order valence-corrected chi connectivity index (χ2v) is 8.28. The molecule has 2 N–H and O–H groups in total. The summed E-state index contributed by atoms with van der Waals surface area (Å²) in [6, 6.07) is 21.0. The number of unbranched alkanes of at least 4 members (excludes halogenated alkanes) is 1. The molecule has 5 nitrogen and oxygen atoms in total. The monoisotopic (exact) mass is 471 g/mol. The van der Waals surface area contributed by atoms with Crippen molar-refractivity contribution in [2.45, 2.75) is 25.7 Å². The largest absolute Gasteiger partial charge is 0.494 e. The maximum atomic E-state index is 13.0. The van der Waals surface area contributed by atoms with Crippen LogP contribution in [0.15, 0.2) is 82.0 Å². The number of hydrogen-bond acceptors (Lipinski definition) is 4. The lowest BCUT2D eigenvalue weighted by atomic mass is 10.1. The highest BCUT2D eigenvalue weighted by Crippen LogP contribution is 2.21. The summed E-state index contributed by atoms with van der Waals surface area (Å²) in [5, 5.41) is 0.448. The van der Waals surface area contributed by atoms with Crippen molar-refractivity contribution in [2.24, 2.45) is 5.73 Å². The summed E-state index contributed by atoms with van der Waals surface area (Å²) in [7, 11) is 0. The first-order chi connectivity index (χ1) is 17.0. The highest BCUT2D eigenvalue weighted by Gasteiger charge is 2.09. The number of carbonyl (C=O) groups excluding carboxylic acids is 1. The number of para-hydroxylation sites is 1. The Hall–Kier alpha value is -4.19. The van der Waals surface area contributed by atoms with E-state index in [0.717, 1.165) is 41.7 Å². The molecule has 1 aromatic heterocycles. The van der Waals surface area contributed by atoms with E-state index in [4.69, 9.17) is 14.9 Å². The molecule has 178 valence electrons. The zero-order chi connectivity index (χ0) is 24.6. The third kappa shape index (κ3) is 6.67. The summed E-state index contributed by atoms with van der Waals surface area (Å²) < 4.78 is 24.6. The molecule has 0 aliphatic heterocycles. The summed E-state index contributed by atoms with van der Waals surface area (Å²) in [5.74, 6) is 0.260. The number of rotatable bonds is 10. The van der Waals surface area contributed by atoms with Crippen LogP contribution in [0.1, 0.15) is 35.3 Å². The minimum Gasteiger partial charge on any atom is -0.494 e. The number of amides is 1. The van der Waals surface area contributed by atoms with Crippen LogP contribution in [0, 0.1) is 5.82 Å². The molecule has 0 aliphatic rings. The molecule has 0 spiro atoms. The number of aryl methyl sites for hydroxylation is 1. The highest BCUT2D eigenvalue weighted by atomic mass is 19.1. The average Bonchev–Trinajstić information content (AvgIpc) is 2.84. The quantitative estimate of drug-likeness (QED) is 0.243. The van der Waals surface area contributed by atoms with Gasteiger partial charge in [0, 0.05) is 11.6 Å². The second-order valence-electron chi connectivity index (χ2n) is 8.28. The number of primary amides is 1. The maximum Gasteiger partial charge on any atom is 0.225 e. The lowest BCUT2D eigenvalue weighted by Crippen LogP contribution is -2.15. The van der Waals surface area contributed by atoms with Crippen molar-refractivity contribution in [2.75, 3.05) is 6.61 Å². The topological polar surface area (TPSA) is 82.5 Å².